The Kier molecular flexibility index (Phi) is 5.15. The molecule has 25 heavy (non-hydrogen) atoms. The summed E-state index contributed by atoms with van der Waals surface area (Å²) >= 11 is 0. The van der Waals surface area contributed by atoms with Crippen LogP contribution in [0.4, 0.5) is 4.39 Å². The van der Waals surface area contributed by atoms with Crippen molar-refractivity contribution in [3.05, 3.63) is 83.4 Å². The molecule has 7 heteroatoms. The van der Waals surface area contributed by atoms with Crippen LogP contribution in [0.5, 0.6) is 0 Å². The Morgan fingerprint density at radius 3 is 2.64 bits per heavy atom. The van der Waals surface area contributed by atoms with E-state index in [0.717, 1.165) is 5.56 Å². The fourth-order valence-electron chi connectivity index (χ4n) is 2.36. The zero-order valence-corrected chi connectivity index (χ0v) is 13.3. The first kappa shape index (κ1) is 16.8. The molecule has 0 radical (unpaired) electrons. The third kappa shape index (κ3) is 4.27. The summed E-state index contributed by atoms with van der Waals surface area (Å²) in [4.78, 5) is 12.1. The Hall–Kier alpha value is -3.06. The molecule has 1 atom stereocenters. The lowest BCUT2D eigenvalue weighted by molar-refractivity contribution is 0.0945. The number of nitrogens with zero attached hydrogens (tertiary/aromatic N) is 3. The van der Waals surface area contributed by atoms with Gasteiger partial charge in [0, 0.05) is 12.1 Å². The van der Waals surface area contributed by atoms with Crippen molar-refractivity contribution < 1.29 is 14.3 Å². The average molecular weight is 340 g/mol. The van der Waals surface area contributed by atoms with E-state index in [2.05, 4.69) is 15.6 Å². The molecule has 128 valence electrons. The quantitative estimate of drug-likeness (QED) is 0.720. The van der Waals surface area contributed by atoms with E-state index in [0.29, 0.717) is 5.56 Å². The number of aliphatic hydroxyl groups is 1. The molecule has 1 heterocycles. The molecule has 0 bridgehead atoms. The molecule has 2 N–H and O–H groups in total. The van der Waals surface area contributed by atoms with Crippen LogP contribution in [0.3, 0.4) is 0 Å². The van der Waals surface area contributed by atoms with Crippen LogP contribution in [0.15, 0.2) is 60.8 Å². The molecule has 1 unspecified atom stereocenters. The SMILES string of the molecule is O=C(NCc1ccccc1F)c1cn(CC(O)c2ccccc2)nn1. The van der Waals surface area contributed by atoms with Crippen molar-refractivity contribution in [1.82, 2.24) is 20.3 Å². The summed E-state index contributed by atoms with van der Waals surface area (Å²) in [5, 5.41) is 20.4. The van der Waals surface area contributed by atoms with Crippen molar-refractivity contribution in [2.75, 3.05) is 0 Å². The number of nitrogens with one attached hydrogen (secondary N) is 1. The predicted molar refractivity (Wildman–Crippen MR) is 89.0 cm³/mol. The molecule has 3 aromatic rings. The standard InChI is InChI=1S/C18H17FN4O2/c19-15-9-5-4-8-14(15)10-20-18(25)16-11-23(22-21-16)12-17(24)13-6-2-1-3-7-13/h1-9,11,17,24H,10,12H2,(H,20,25). The fourth-order valence-corrected chi connectivity index (χ4v) is 2.36. The van der Waals surface area contributed by atoms with Gasteiger partial charge in [0.25, 0.3) is 5.91 Å². The van der Waals surface area contributed by atoms with Gasteiger partial charge in [-0.2, -0.15) is 0 Å². The number of halogens is 1. The number of aliphatic hydroxyl groups excluding tert-OH is 1. The molecule has 0 spiro atoms. The van der Waals surface area contributed by atoms with Crippen molar-refractivity contribution in [2.24, 2.45) is 0 Å². The summed E-state index contributed by atoms with van der Waals surface area (Å²) in [7, 11) is 0. The number of amides is 1. The first-order valence-electron chi connectivity index (χ1n) is 7.78. The molecule has 3 rings (SSSR count). The number of rotatable bonds is 6. The van der Waals surface area contributed by atoms with Gasteiger partial charge in [-0.25, -0.2) is 9.07 Å². The Morgan fingerprint density at radius 1 is 1.16 bits per heavy atom. The summed E-state index contributed by atoms with van der Waals surface area (Å²) < 4.78 is 14.9. The third-order valence-corrected chi connectivity index (χ3v) is 3.71. The minimum absolute atomic E-state index is 0.0605. The second-order valence-corrected chi connectivity index (χ2v) is 5.53. The van der Waals surface area contributed by atoms with Crippen molar-refractivity contribution in [3.8, 4) is 0 Å². The molecular formula is C18H17FN4O2. The smallest absolute Gasteiger partial charge is 0.273 e. The number of hydrogen-bond acceptors (Lipinski definition) is 4. The van der Waals surface area contributed by atoms with Crippen LogP contribution in [-0.2, 0) is 13.1 Å². The van der Waals surface area contributed by atoms with Crippen molar-refractivity contribution in [2.45, 2.75) is 19.2 Å². The van der Waals surface area contributed by atoms with E-state index in [1.807, 2.05) is 30.3 Å². The van der Waals surface area contributed by atoms with E-state index in [-0.39, 0.29) is 24.6 Å². The molecule has 1 amide bonds. The summed E-state index contributed by atoms with van der Waals surface area (Å²) in [6, 6.07) is 15.4. The lowest BCUT2D eigenvalue weighted by Crippen LogP contribution is -2.23. The maximum atomic E-state index is 13.5. The van der Waals surface area contributed by atoms with Gasteiger partial charge in [-0.1, -0.05) is 53.7 Å². The predicted octanol–water partition coefficient (Wildman–Crippen LogP) is 2.08. The van der Waals surface area contributed by atoms with E-state index in [1.165, 1.54) is 16.9 Å². The molecule has 0 aliphatic heterocycles. The Balaban J connectivity index is 1.59. The largest absolute Gasteiger partial charge is 0.386 e. The summed E-state index contributed by atoms with van der Waals surface area (Å²) in [5.41, 5.74) is 1.25. The number of carbonyl (C=O) groups is 1. The summed E-state index contributed by atoms with van der Waals surface area (Å²) in [6.45, 7) is 0.239. The highest BCUT2D eigenvalue weighted by Gasteiger charge is 2.14. The van der Waals surface area contributed by atoms with Crippen LogP contribution in [0.25, 0.3) is 0 Å². The van der Waals surface area contributed by atoms with Crippen molar-refractivity contribution >= 4 is 5.91 Å². The minimum Gasteiger partial charge on any atom is -0.386 e. The van der Waals surface area contributed by atoms with E-state index in [9.17, 15) is 14.3 Å². The van der Waals surface area contributed by atoms with E-state index in [1.54, 1.807) is 18.2 Å². The maximum absolute atomic E-state index is 13.5. The second kappa shape index (κ2) is 7.67. The zero-order chi connectivity index (χ0) is 17.6. The van der Waals surface area contributed by atoms with Gasteiger partial charge in [-0.05, 0) is 11.6 Å². The van der Waals surface area contributed by atoms with Crippen LogP contribution < -0.4 is 5.32 Å². The van der Waals surface area contributed by atoms with Crippen molar-refractivity contribution in [1.29, 1.82) is 0 Å². The number of hydrogen-bond donors (Lipinski definition) is 2. The summed E-state index contributed by atoms with van der Waals surface area (Å²) in [5.74, 6) is -0.832. The molecule has 0 aliphatic rings. The highest BCUT2D eigenvalue weighted by Crippen LogP contribution is 2.14. The Bertz CT molecular complexity index is 851. The monoisotopic (exact) mass is 340 g/mol. The van der Waals surface area contributed by atoms with Crippen LogP contribution in [-0.4, -0.2) is 26.0 Å². The van der Waals surface area contributed by atoms with Crippen LogP contribution >= 0.6 is 0 Å². The van der Waals surface area contributed by atoms with Gasteiger partial charge < -0.3 is 10.4 Å². The first-order chi connectivity index (χ1) is 12.1. The van der Waals surface area contributed by atoms with E-state index >= 15 is 0 Å². The molecule has 1 aromatic heterocycles. The van der Waals surface area contributed by atoms with Gasteiger partial charge in [-0.3, -0.25) is 4.79 Å². The lowest BCUT2D eigenvalue weighted by atomic mass is 10.1. The second-order valence-electron chi connectivity index (χ2n) is 5.53. The fraction of sp³-hybridized carbons (Fsp3) is 0.167. The topological polar surface area (TPSA) is 80.0 Å². The van der Waals surface area contributed by atoms with Gasteiger partial charge in [0.1, 0.15) is 5.82 Å². The number of benzene rings is 2. The highest BCUT2D eigenvalue weighted by molar-refractivity contribution is 5.91. The first-order valence-corrected chi connectivity index (χ1v) is 7.78. The molecule has 0 fully saturated rings. The van der Waals surface area contributed by atoms with Gasteiger partial charge in [-0.15, -0.1) is 5.10 Å². The molecule has 2 aromatic carbocycles. The van der Waals surface area contributed by atoms with Crippen LogP contribution in [0.2, 0.25) is 0 Å². The van der Waals surface area contributed by atoms with Gasteiger partial charge in [0.2, 0.25) is 0 Å². The molecular weight excluding hydrogens is 323 g/mol. The highest BCUT2D eigenvalue weighted by atomic mass is 19.1. The normalized spacial score (nSPS) is 11.9. The molecule has 0 saturated carbocycles. The summed E-state index contributed by atoms with van der Waals surface area (Å²) in [6.07, 6.45) is 0.695. The van der Waals surface area contributed by atoms with Crippen LogP contribution in [0, 0.1) is 5.82 Å². The number of aromatic nitrogens is 3. The Labute approximate surface area is 143 Å². The van der Waals surface area contributed by atoms with E-state index in [4.69, 9.17) is 0 Å². The Morgan fingerprint density at radius 2 is 1.88 bits per heavy atom. The minimum atomic E-state index is -0.753. The molecule has 0 aliphatic carbocycles. The number of carbonyl (C=O) groups excluding carboxylic acids is 1. The molecule has 0 saturated heterocycles. The van der Waals surface area contributed by atoms with Gasteiger partial charge in [0.15, 0.2) is 5.69 Å². The van der Waals surface area contributed by atoms with Gasteiger partial charge in [0.05, 0.1) is 18.8 Å². The lowest BCUT2D eigenvalue weighted by Gasteiger charge is -2.09. The van der Waals surface area contributed by atoms with Crippen molar-refractivity contribution in [3.63, 3.8) is 0 Å². The molecule has 6 nitrogen and oxygen atoms in total. The van der Waals surface area contributed by atoms with Crippen LogP contribution in [0.1, 0.15) is 27.7 Å². The third-order valence-electron chi connectivity index (χ3n) is 3.71. The average Bonchev–Trinajstić information content (AvgIpc) is 3.10. The van der Waals surface area contributed by atoms with E-state index < -0.39 is 12.0 Å². The van der Waals surface area contributed by atoms with Gasteiger partial charge >= 0.3 is 0 Å². The maximum Gasteiger partial charge on any atom is 0.273 e. The zero-order valence-electron chi connectivity index (χ0n) is 13.3.